The maximum atomic E-state index is 13.8. The Kier molecular flexibility index (Phi) is 8.98. The van der Waals surface area contributed by atoms with Crippen LogP contribution in [0.3, 0.4) is 0 Å². The fraction of sp³-hybridized carbons (Fsp3) is 0.0345. The number of hydrogen-bond acceptors (Lipinski definition) is 6. The number of aryl methyl sites for hydroxylation is 1. The Bertz CT molecular complexity index is 1810. The van der Waals surface area contributed by atoms with Crippen molar-refractivity contribution in [1.29, 1.82) is 0 Å². The molecule has 0 saturated carbocycles. The van der Waals surface area contributed by atoms with Gasteiger partial charge in [-0.3, -0.25) is 9.69 Å². The molecule has 0 aliphatic carbocycles. The van der Waals surface area contributed by atoms with Gasteiger partial charge in [-0.1, -0.05) is 56.8 Å². The molecule has 0 radical (unpaired) electrons. The highest BCUT2D eigenvalue weighted by Gasteiger charge is 2.35. The highest BCUT2D eigenvalue weighted by Crippen LogP contribution is 2.41. The Morgan fingerprint density at radius 2 is 1.51 bits per heavy atom. The van der Waals surface area contributed by atoms with Gasteiger partial charge in [-0.15, -0.1) is 0 Å². The summed E-state index contributed by atoms with van der Waals surface area (Å²) in [4.78, 5) is 20.3. The maximum Gasteiger partial charge on any atom is 0.339 e. The van der Waals surface area contributed by atoms with Crippen LogP contribution in [-0.2, 0) is 14.9 Å². The summed E-state index contributed by atoms with van der Waals surface area (Å²) in [5.41, 5.74) is 2.44. The van der Waals surface area contributed by atoms with E-state index in [0.717, 1.165) is 17.3 Å². The lowest BCUT2D eigenvalue weighted by Crippen LogP contribution is -2.28. The zero-order valence-electron chi connectivity index (χ0n) is 21.0. The summed E-state index contributed by atoms with van der Waals surface area (Å²) in [6.07, 6.45) is 1.58. The van der Waals surface area contributed by atoms with E-state index in [0.29, 0.717) is 46.0 Å². The summed E-state index contributed by atoms with van der Waals surface area (Å²) in [5, 5.41) is 1.48. The van der Waals surface area contributed by atoms with E-state index in [9.17, 15) is 13.2 Å². The van der Waals surface area contributed by atoms with Crippen molar-refractivity contribution in [2.75, 3.05) is 4.90 Å². The molecule has 4 aromatic rings. The maximum absolute atomic E-state index is 13.8. The van der Waals surface area contributed by atoms with Crippen LogP contribution >= 0.6 is 66.8 Å². The van der Waals surface area contributed by atoms with E-state index in [4.69, 9.17) is 32.4 Å². The van der Waals surface area contributed by atoms with Crippen LogP contribution in [-0.4, -0.2) is 19.5 Å². The Labute approximate surface area is 268 Å². The number of amidine groups is 1. The third-order valence-electron chi connectivity index (χ3n) is 5.77. The number of carbonyl (C=O) groups excluding carboxylic acids is 1. The van der Waals surface area contributed by atoms with Crippen LogP contribution in [0.5, 0.6) is 5.75 Å². The fourth-order valence-corrected chi connectivity index (χ4v) is 7.43. The average Bonchev–Trinajstić information content (AvgIpc) is 3.22. The molecule has 0 N–H and O–H groups in total. The lowest BCUT2D eigenvalue weighted by molar-refractivity contribution is -0.113. The van der Waals surface area contributed by atoms with Gasteiger partial charge in [-0.2, -0.15) is 8.42 Å². The van der Waals surface area contributed by atoms with Gasteiger partial charge in [0.25, 0.3) is 5.91 Å². The fourth-order valence-electron chi connectivity index (χ4n) is 3.77. The standard InChI is InChI=1S/C29H18Br2Cl2N2O4S2/c1-17-2-12-24(13-3-17)41(37,38)39-27-18(14-19(30)16-25(27)31)15-26-28(36)35(23-10-6-21(33)7-11-23)29(40-26)34-22-8-4-20(32)5-9-22/h2-16H,1H3/b26-15-,34-29?. The van der Waals surface area contributed by atoms with Crippen LogP contribution in [0, 0.1) is 6.92 Å². The second-order valence-electron chi connectivity index (χ2n) is 8.75. The average molecular weight is 753 g/mol. The smallest absolute Gasteiger partial charge is 0.339 e. The second kappa shape index (κ2) is 12.3. The number of thioether (sulfide) groups is 1. The molecule has 1 heterocycles. The number of aliphatic imine (C=N–C) groups is 1. The summed E-state index contributed by atoms with van der Waals surface area (Å²) in [6, 6.07) is 23.4. The highest BCUT2D eigenvalue weighted by molar-refractivity contribution is 9.11. The van der Waals surface area contributed by atoms with Crippen molar-refractivity contribution in [1.82, 2.24) is 0 Å². The van der Waals surface area contributed by atoms with E-state index in [2.05, 4.69) is 31.9 Å². The first kappa shape index (κ1) is 29.9. The first-order valence-corrected chi connectivity index (χ1v) is 16.4. The van der Waals surface area contributed by atoms with Crippen molar-refractivity contribution in [2.24, 2.45) is 4.99 Å². The van der Waals surface area contributed by atoms with E-state index >= 15 is 0 Å². The molecule has 0 atom stereocenters. The molecule has 1 amide bonds. The minimum Gasteiger partial charge on any atom is -0.377 e. The van der Waals surface area contributed by atoms with Crippen molar-refractivity contribution < 1.29 is 17.4 Å². The van der Waals surface area contributed by atoms with Gasteiger partial charge in [0, 0.05) is 20.1 Å². The molecule has 41 heavy (non-hydrogen) atoms. The third-order valence-corrected chi connectivity index (χ3v) is 9.52. The number of anilines is 1. The van der Waals surface area contributed by atoms with Crippen LogP contribution < -0.4 is 9.08 Å². The number of nitrogens with zero attached hydrogens (tertiary/aromatic N) is 2. The molecule has 12 heteroatoms. The molecule has 1 saturated heterocycles. The van der Waals surface area contributed by atoms with Crippen molar-refractivity contribution in [3.8, 4) is 5.75 Å². The van der Waals surface area contributed by atoms with E-state index in [1.54, 1.807) is 78.9 Å². The summed E-state index contributed by atoms with van der Waals surface area (Å²) in [7, 11) is -4.17. The van der Waals surface area contributed by atoms with Gasteiger partial charge in [0.15, 0.2) is 10.9 Å². The molecule has 5 rings (SSSR count). The zero-order chi connectivity index (χ0) is 29.3. The van der Waals surface area contributed by atoms with Crippen LogP contribution in [0.2, 0.25) is 10.0 Å². The Balaban J connectivity index is 1.58. The number of amides is 1. The van der Waals surface area contributed by atoms with Gasteiger partial charge in [0.1, 0.15) is 4.90 Å². The topological polar surface area (TPSA) is 76.0 Å². The van der Waals surface area contributed by atoms with E-state index in [1.165, 1.54) is 17.0 Å². The van der Waals surface area contributed by atoms with Crippen LogP contribution in [0.4, 0.5) is 11.4 Å². The molecule has 4 aromatic carbocycles. The molecule has 0 bridgehead atoms. The SMILES string of the molecule is Cc1ccc(S(=O)(=O)Oc2c(Br)cc(Br)cc2/C=C2\SC(=Nc3ccc(Cl)cc3)N(c3ccc(Cl)cc3)C2=O)cc1. The monoisotopic (exact) mass is 750 g/mol. The number of benzene rings is 4. The van der Waals surface area contributed by atoms with Crippen LogP contribution in [0.15, 0.2) is 109 Å². The number of hydrogen-bond donors (Lipinski definition) is 0. The molecule has 208 valence electrons. The molecular formula is C29H18Br2Cl2N2O4S2. The Morgan fingerprint density at radius 3 is 2.15 bits per heavy atom. The normalized spacial score (nSPS) is 15.6. The Hall–Kier alpha value is -2.60. The first-order valence-electron chi connectivity index (χ1n) is 11.8. The van der Waals surface area contributed by atoms with Crippen LogP contribution in [0.25, 0.3) is 6.08 Å². The molecular weight excluding hydrogens is 735 g/mol. The third kappa shape index (κ3) is 6.90. The zero-order valence-corrected chi connectivity index (χ0v) is 27.3. The minimum atomic E-state index is -4.17. The molecule has 6 nitrogen and oxygen atoms in total. The van der Waals surface area contributed by atoms with Gasteiger partial charge in [0.05, 0.1) is 20.8 Å². The lowest BCUT2D eigenvalue weighted by Gasteiger charge is -2.16. The van der Waals surface area contributed by atoms with Gasteiger partial charge in [0.2, 0.25) is 0 Å². The molecule has 0 unspecified atom stereocenters. The lowest BCUT2D eigenvalue weighted by atomic mass is 10.2. The predicted molar refractivity (Wildman–Crippen MR) is 174 cm³/mol. The first-order chi connectivity index (χ1) is 19.5. The number of rotatable bonds is 6. The molecule has 0 spiro atoms. The highest BCUT2D eigenvalue weighted by atomic mass is 79.9. The molecule has 1 fully saturated rings. The van der Waals surface area contributed by atoms with Gasteiger partial charge < -0.3 is 4.18 Å². The number of halogens is 4. The van der Waals surface area contributed by atoms with Crippen molar-refractivity contribution in [2.45, 2.75) is 11.8 Å². The summed E-state index contributed by atoms with van der Waals surface area (Å²) >= 11 is 20.1. The van der Waals surface area contributed by atoms with Crippen molar-refractivity contribution in [3.05, 3.63) is 120 Å². The van der Waals surface area contributed by atoms with Crippen LogP contribution in [0.1, 0.15) is 11.1 Å². The summed E-state index contributed by atoms with van der Waals surface area (Å²) in [5.74, 6) is -0.315. The molecule has 1 aliphatic heterocycles. The van der Waals surface area contributed by atoms with Crippen molar-refractivity contribution in [3.63, 3.8) is 0 Å². The number of carbonyl (C=O) groups is 1. The Morgan fingerprint density at radius 1 is 0.902 bits per heavy atom. The van der Waals surface area contributed by atoms with Gasteiger partial charge in [-0.05, 0) is 113 Å². The van der Waals surface area contributed by atoms with Gasteiger partial charge >= 0.3 is 10.1 Å². The second-order valence-corrected chi connectivity index (χ2v) is 14.0. The van der Waals surface area contributed by atoms with Gasteiger partial charge in [-0.25, -0.2) is 4.99 Å². The van der Waals surface area contributed by atoms with E-state index in [1.807, 2.05) is 6.92 Å². The van der Waals surface area contributed by atoms with Crippen molar-refractivity contribution >= 4 is 105 Å². The van der Waals surface area contributed by atoms with E-state index in [-0.39, 0.29) is 16.6 Å². The molecule has 0 aromatic heterocycles. The predicted octanol–water partition coefficient (Wildman–Crippen LogP) is 9.40. The largest absolute Gasteiger partial charge is 0.377 e. The molecule has 1 aliphatic rings. The summed E-state index contributed by atoms with van der Waals surface area (Å²) in [6.45, 7) is 1.86. The quantitative estimate of drug-likeness (QED) is 0.145. The van der Waals surface area contributed by atoms with E-state index < -0.39 is 10.1 Å². The summed E-state index contributed by atoms with van der Waals surface area (Å²) < 4.78 is 33.0. The minimum absolute atomic E-state index is 0.00846.